The summed E-state index contributed by atoms with van der Waals surface area (Å²) in [4.78, 5) is 9.13. The second-order valence-electron chi connectivity index (χ2n) is 5.26. The number of aryl methyl sites for hydroxylation is 1. The third kappa shape index (κ3) is 1.40. The van der Waals surface area contributed by atoms with Gasteiger partial charge in [-0.15, -0.1) is 0 Å². The molecule has 1 saturated carbocycles. The molecule has 0 radical (unpaired) electrons. The van der Waals surface area contributed by atoms with Crippen molar-refractivity contribution >= 4 is 11.2 Å². The zero-order chi connectivity index (χ0) is 12.0. The quantitative estimate of drug-likeness (QED) is 0.811. The van der Waals surface area contributed by atoms with Crippen LogP contribution in [0.3, 0.4) is 0 Å². The van der Waals surface area contributed by atoms with E-state index >= 15 is 0 Å². The number of nitrogens with two attached hydrogens (primary N) is 1. The van der Waals surface area contributed by atoms with Crippen LogP contribution in [0.2, 0.25) is 0 Å². The average Bonchev–Trinajstić information content (AvgIpc) is 2.83. The highest BCUT2D eigenvalue weighted by Gasteiger charge is 2.41. The van der Waals surface area contributed by atoms with Crippen LogP contribution < -0.4 is 5.73 Å². The molecule has 90 valence electrons. The second kappa shape index (κ2) is 3.53. The van der Waals surface area contributed by atoms with Gasteiger partial charge in [0, 0.05) is 24.7 Å². The molecule has 2 heterocycles. The highest BCUT2D eigenvalue weighted by atomic mass is 15.1. The minimum Gasteiger partial charge on any atom is -0.327 e. The van der Waals surface area contributed by atoms with Crippen LogP contribution in [0.5, 0.6) is 0 Å². The monoisotopic (exact) mass is 230 g/mol. The fraction of sp³-hybridized carbons (Fsp3) is 0.538. The van der Waals surface area contributed by atoms with E-state index in [1.807, 2.05) is 25.4 Å². The van der Waals surface area contributed by atoms with E-state index in [-0.39, 0.29) is 11.5 Å². The average molecular weight is 230 g/mol. The van der Waals surface area contributed by atoms with Gasteiger partial charge in [-0.2, -0.15) is 0 Å². The van der Waals surface area contributed by atoms with Crippen molar-refractivity contribution in [2.24, 2.45) is 12.8 Å². The second-order valence-corrected chi connectivity index (χ2v) is 5.26. The lowest BCUT2D eigenvalue weighted by molar-refractivity contribution is 0.395. The van der Waals surface area contributed by atoms with Crippen LogP contribution in [0.4, 0.5) is 0 Å². The smallest absolute Gasteiger partial charge is 0.159 e. The lowest BCUT2D eigenvalue weighted by Gasteiger charge is -2.28. The van der Waals surface area contributed by atoms with E-state index in [9.17, 15) is 0 Å². The van der Waals surface area contributed by atoms with Gasteiger partial charge in [0.2, 0.25) is 0 Å². The third-order valence-corrected chi connectivity index (χ3v) is 4.17. The molecule has 2 unspecified atom stereocenters. The zero-order valence-electron chi connectivity index (χ0n) is 10.3. The minimum atomic E-state index is -0.00451. The van der Waals surface area contributed by atoms with Gasteiger partial charge in [0.25, 0.3) is 0 Å². The first-order chi connectivity index (χ1) is 8.13. The summed E-state index contributed by atoms with van der Waals surface area (Å²) >= 11 is 0. The van der Waals surface area contributed by atoms with Gasteiger partial charge in [0.05, 0.1) is 0 Å². The van der Waals surface area contributed by atoms with Gasteiger partial charge in [-0.1, -0.05) is 13.3 Å². The molecule has 2 N–H and O–H groups in total. The Bertz CT molecular complexity index is 560. The largest absolute Gasteiger partial charge is 0.327 e. The number of pyridine rings is 1. The third-order valence-electron chi connectivity index (χ3n) is 4.17. The summed E-state index contributed by atoms with van der Waals surface area (Å²) in [5.74, 6) is 1.08. The molecule has 0 aromatic carbocycles. The van der Waals surface area contributed by atoms with Gasteiger partial charge in [-0.05, 0) is 25.0 Å². The van der Waals surface area contributed by atoms with Crippen LogP contribution in [0, 0.1) is 0 Å². The van der Waals surface area contributed by atoms with Crippen molar-refractivity contribution in [1.29, 1.82) is 0 Å². The standard InChI is InChI=1S/C13H18N4/c1-13(7-3-6-10(13)14)12-16-9-5-4-8-15-11(9)17(12)2/h4-5,8,10H,3,6-7,14H2,1-2H3. The molecule has 17 heavy (non-hydrogen) atoms. The summed E-state index contributed by atoms with van der Waals surface area (Å²) in [6.45, 7) is 2.23. The first kappa shape index (κ1) is 10.7. The normalized spacial score (nSPS) is 29.0. The fourth-order valence-corrected chi connectivity index (χ4v) is 3.01. The Morgan fingerprint density at radius 2 is 2.35 bits per heavy atom. The molecule has 0 saturated heterocycles. The summed E-state index contributed by atoms with van der Waals surface area (Å²) < 4.78 is 2.10. The van der Waals surface area contributed by atoms with Gasteiger partial charge < -0.3 is 10.3 Å². The molecule has 0 bridgehead atoms. The lowest BCUT2D eigenvalue weighted by atomic mass is 9.84. The molecule has 0 amide bonds. The number of nitrogens with zero attached hydrogens (tertiary/aromatic N) is 3. The summed E-state index contributed by atoms with van der Waals surface area (Å²) in [6.07, 6.45) is 5.21. The molecule has 1 aliphatic carbocycles. The number of hydrogen-bond acceptors (Lipinski definition) is 3. The van der Waals surface area contributed by atoms with Crippen LogP contribution in [0.1, 0.15) is 32.0 Å². The molecular formula is C13H18N4. The molecule has 2 aromatic heterocycles. The van der Waals surface area contributed by atoms with Crippen molar-refractivity contribution in [3.8, 4) is 0 Å². The van der Waals surface area contributed by atoms with Crippen molar-refractivity contribution in [3.05, 3.63) is 24.2 Å². The summed E-state index contributed by atoms with van der Waals surface area (Å²) in [6, 6.07) is 4.14. The highest BCUT2D eigenvalue weighted by Crippen LogP contribution is 2.39. The van der Waals surface area contributed by atoms with E-state index in [4.69, 9.17) is 10.7 Å². The highest BCUT2D eigenvalue weighted by molar-refractivity contribution is 5.71. The molecular weight excluding hydrogens is 212 g/mol. The Morgan fingerprint density at radius 3 is 3.00 bits per heavy atom. The van der Waals surface area contributed by atoms with Gasteiger partial charge in [-0.3, -0.25) is 0 Å². The van der Waals surface area contributed by atoms with Gasteiger partial charge in [-0.25, -0.2) is 9.97 Å². The predicted molar refractivity (Wildman–Crippen MR) is 67.7 cm³/mol. The SMILES string of the molecule is Cn1c(C2(C)CCCC2N)nc2cccnc21. The van der Waals surface area contributed by atoms with Gasteiger partial charge in [0.1, 0.15) is 11.3 Å². The number of imidazole rings is 1. The summed E-state index contributed by atoms with van der Waals surface area (Å²) in [5, 5.41) is 0. The van der Waals surface area contributed by atoms with E-state index in [0.29, 0.717) is 0 Å². The number of fused-ring (bicyclic) bond motifs is 1. The molecule has 4 heteroatoms. The number of hydrogen-bond donors (Lipinski definition) is 1. The molecule has 4 nitrogen and oxygen atoms in total. The lowest BCUT2D eigenvalue weighted by Crippen LogP contribution is -2.40. The maximum absolute atomic E-state index is 6.26. The Balaban J connectivity index is 2.21. The van der Waals surface area contributed by atoms with Crippen molar-refractivity contribution in [3.63, 3.8) is 0 Å². The van der Waals surface area contributed by atoms with Crippen LogP contribution in [-0.2, 0) is 12.5 Å². The van der Waals surface area contributed by atoms with Crippen molar-refractivity contribution in [2.75, 3.05) is 0 Å². The van der Waals surface area contributed by atoms with Crippen LogP contribution in [0.25, 0.3) is 11.2 Å². The zero-order valence-corrected chi connectivity index (χ0v) is 10.3. The Kier molecular flexibility index (Phi) is 2.23. The maximum atomic E-state index is 6.26. The Hall–Kier alpha value is -1.42. The van der Waals surface area contributed by atoms with E-state index < -0.39 is 0 Å². The van der Waals surface area contributed by atoms with Crippen molar-refractivity contribution < 1.29 is 0 Å². The van der Waals surface area contributed by atoms with Crippen LogP contribution >= 0.6 is 0 Å². The fourth-order valence-electron chi connectivity index (χ4n) is 3.01. The van der Waals surface area contributed by atoms with E-state index in [2.05, 4.69) is 16.5 Å². The Labute approximate surface area is 101 Å². The summed E-state index contributed by atoms with van der Waals surface area (Å²) in [7, 11) is 2.04. The molecule has 1 aliphatic rings. The summed E-state index contributed by atoms with van der Waals surface area (Å²) in [5.41, 5.74) is 8.17. The van der Waals surface area contributed by atoms with Crippen molar-refractivity contribution in [1.82, 2.24) is 14.5 Å². The topological polar surface area (TPSA) is 56.7 Å². The first-order valence-electron chi connectivity index (χ1n) is 6.16. The molecule has 0 spiro atoms. The Morgan fingerprint density at radius 1 is 1.53 bits per heavy atom. The predicted octanol–water partition coefficient (Wildman–Crippen LogP) is 1.74. The molecule has 2 atom stereocenters. The van der Waals surface area contributed by atoms with Crippen molar-refractivity contribution in [2.45, 2.75) is 37.6 Å². The number of rotatable bonds is 1. The van der Waals surface area contributed by atoms with E-state index in [1.54, 1.807) is 0 Å². The van der Waals surface area contributed by atoms with E-state index in [0.717, 1.165) is 29.8 Å². The molecule has 0 aliphatic heterocycles. The van der Waals surface area contributed by atoms with Gasteiger partial charge in [0.15, 0.2) is 5.65 Å². The van der Waals surface area contributed by atoms with Gasteiger partial charge >= 0.3 is 0 Å². The van der Waals surface area contributed by atoms with E-state index in [1.165, 1.54) is 6.42 Å². The maximum Gasteiger partial charge on any atom is 0.159 e. The van der Waals surface area contributed by atoms with Crippen LogP contribution in [-0.4, -0.2) is 20.6 Å². The van der Waals surface area contributed by atoms with Crippen LogP contribution in [0.15, 0.2) is 18.3 Å². The number of aromatic nitrogens is 3. The molecule has 1 fully saturated rings. The molecule has 2 aromatic rings. The minimum absolute atomic E-state index is 0.00451. The first-order valence-corrected chi connectivity index (χ1v) is 6.16. The molecule has 3 rings (SSSR count).